The van der Waals surface area contributed by atoms with Gasteiger partial charge in [0.25, 0.3) is 15.9 Å². The molecule has 0 fully saturated rings. The van der Waals surface area contributed by atoms with Gasteiger partial charge in [0.05, 0.1) is 5.56 Å². The minimum atomic E-state index is -4.16. The second-order valence-electron chi connectivity index (χ2n) is 8.52. The fourth-order valence-corrected chi connectivity index (χ4v) is 5.37. The lowest BCUT2D eigenvalue weighted by molar-refractivity contribution is -0.141. The Labute approximate surface area is 204 Å². The number of rotatable bonds is 9. The molecule has 1 aliphatic heterocycles. The van der Waals surface area contributed by atoms with E-state index < -0.39 is 34.4 Å². The van der Waals surface area contributed by atoms with Crippen molar-refractivity contribution < 1.29 is 22.8 Å². The van der Waals surface area contributed by atoms with Crippen molar-refractivity contribution in [2.75, 3.05) is 13.1 Å². The summed E-state index contributed by atoms with van der Waals surface area (Å²) in [6.07, 6.45) is 0.310. The van der Waals surface area contributed by atoms with Crippen LogP contribution in [0.15, 0.2) is 53.4 Å². The minimum Gasteiger partial charge on any atom is -0.354 e. The second kappa shape index (κ2) is 10.6. The van der Waals surface area contributed by atoms with E-state index in [-0.39, 0.29) is 28.8 Å². The van der Waals surface area contributed by atoms with Crippen molar-refractivity contribution in [3.63, 3.8) is 0 Å². The van der Waals surface area contributed by atoms with Gasteiger partial charge in [-0.2, -0.15) is 0 Å². The minimum absolute atomic E-state index is 0.0290. The van der Waals surface area contributed by atoms with Crippen LogP contribution < -0.4 is 5.32 Å². The SMILES string of the molecule is CCC(C(=O)NCC(C)C)N(Cc1ccc(Cl)cc1)C(=O)CN1C(=O)c2ccccc2S1(=O)=O. The molecule has 0 saturated carbocycles. The van der Waals surface area contributed by atoms with Gasteiger partial charge in [-0.3, -0.25) is 14.4 Å². The predicted molar refractivity (Wildman–Crippen MR) is 129 cm³/mol. The molecular formula is C24H28ClN3O5S. The Hall–Kier alpha value is -2.91. The maximum Gasteiger partial charge on any atom is 0.269 e. The summed E-state index contributed by atoms with van der Waals surface area (Å²) in [5.74, 6) is -1.52. The van der Waals surface area contributed by atoms with Gasteiger partial charge in [0.2, 0.25) is 11.8 Å². The molecule has 1 aliphatic rings. The summed E-state index contributed by atoms with van der Waals surface area (Å²) in [5, 5.41) is 3.37. The fourth-order valence-electron chi connectivity index (χ4n) is 3.73. The van der Waals surface area contributed by atoms with Gasteiger partial charge >= 0.3 is 0 Å². The number of benzene rings is 2. The van der Waals surface area contributed by atoms with E-state index >= 15 is 0 Å². The average Bonchev–Trinajstić information content (AvgIpc) is 2.99. The van der Waals surface area contributed by atoms with Crippen molar-refractivity contribution >= 4 is 39.3 Å². The summed E-state index contributed by atoms with van der Waals surface area (Å²) in [4.78, 5) is 40.4. The fraction of sp³-hybridized carbons (Fsp3) is 0.375. The number of sulfonamides is 1. The largest absolute Gasteiger partial charge is 0.354 e. The van der Waals surface area contributed by atoms with Crippen LogP contribution in [-0.2, 0) is 26.2 Å². The first-order valence-electron chi connectivity index (χ1n) is 11.0. The van der Waals surface area contributed by atoms with E-state index in [4.69, 9.17) is 11.6 Å². The summed E-state index contributed by atoms with van der Waals surface area (Å²) in [5.41, 5.74) is 0.744. The summed E-state index contributed by atoms with van der Waals surface area (Å²) in [7, 11) is -4.16. The van der Waals surface area contributed by atoms with Gasteiger partial charge in [-0.05, 0) is 42.2 Å². The van der Waals surface area contributed by atoms with E-state index in [2.05, 4.69) is 5.32 Å². The molecule has 8 nitrogen and oxygen atoms in total. The third-order valence-electron chi connectivity index (χ3n) is 5.53. The first-order valence-corrected chi connectivity index (χ1v) is 12.9. The normalized spacial score (nSPS) is 15.2. The van der Waals surface area contributed by atoms with Gasteiger partial charge in [0.15, 0.2) is 0 Å². The lowest BCUT2D eigenvalue weighted by Gasteiger charge is -2.32. The van der Waals surface area contributed by atoms with Crippen LogP contribution in [-0.4, -0.2) is 54.5 Å². The highest BCUT2D eigenvalue weighted by atomic mass is 35.5. The molecule has 0 saturated heterocycles. The monoisotopic (exact) mass is 505 g/mol. The highest BCUT2D eigenvalue weighted by Gasteiger charge is 2.43. The Bertz CT molecular complexity index is 1180. The van der Waals surface area contributed by atoms with Gasteiger partial charge in [-0.15, -0.1) is 0 Å². The molecular weight excluding hydrogens is 478 g/mol. The summed E-state index contributed by atoms with van der Waals surface area (Å²) in [6, 6.07) is 11.8. The quantitative estimate of drug-likeness (QED) is 0.564. The first-order chi connectivity index (χ1) is 16.1. The van der Waals surface area contributed by atoms with Gasteiger partial charge in [-0.1, -0.05) is 56.6 Å². The zero-order valence-corrected chi connectivity index (χ0v) is 20.9. The highest BCUT2D eigenvalue weighted by Crippen LogP contribution is 2.30. The van der Waals surface area contributed by atoms with Crippen molar-refractivity contribution in [3.8, 4) is 0 Å². The number of halogens is 1. The maximum absolute atomic E-state index is 13.5. The van der Waals surface area contributed by atoms with Crippen molar-refractivity contribution in [1.29, 1.82) is 0 Å². The second-order valence-corrected chi connectivity index (χ2v) is 10.8. The lowest BCUT2D eigenvalue weighted by Crippen LogP contribution is -2.52. The number of carbonyl (C=O) groups is 3. The zero-order chi connectivity index (χ0) is 25.0. The molecule has 34 heavy (non-hydrogen) atoms. The molecule has 0 spiro atoms. The van der Waals surface area contributed by atoms with Crippen LogP contribution in [0.25, 0.3) is 0 Å². The highest BCUT2D eigenvalue weighted by molar-refractivity contribution is 7.90. The average molecular weight is 506 g/mol. The molecule has 3 amide bonds. The number of hydrogen-bond donors (Lipinski definition) is 1. The van der Waals surface area contributed by atoms with Crippen LogP contribution in [0.2, 0.25) is 5.02 Å². The van der Waals surface area contributed by atoms with Crippen LogP contribution in [0, 0.1) is 5.92 Å². The van der Waals surface area contributed by atoms with Gasteiger partial charge in [-0.25, -0.2) is 12.7 Å². The Morgan fingerprint density at radius 1 is 1.09 bits per heavy atom. The van der Waals surface area contributed by atoms with E-state index in [1.807, 2.05) is 13.8 Å². The third-order valence-corrected chi connectivity index (χ3v) is 7.57. The van der Waals surface area contributed by atoms with Crippen molar-refractivity contribution in [2.24, 2.45) is 5.92 Å². The molecule has 3 rings (SSSR count). The maximum atomic E-state index is 13.5. The van der Waals surface area contributed by atoms with Crippen LogP contribution in [0.4, 0.5) is 0 Å². The van der Waals surface area contributed by atoms with E-state index in [1.165, 1.54) is 23.1 Å². The molecule has 2 aromatic rings. The van der Waals surface area contributed by atoms with Crippen molar-refractivity contribution in [2.45, 2.75) is 44.7 Å². The van der Waals surface area contributed by atoms with Crippen LogP contribution >= 0.6 is 11.6 Å². The van der Waals surface area contributed by atoms with Gasteiger partial charge in [0, 0.05) is 18.1 Å². The molecule has 1 unspecified atom stereocenters. The molecule has 0 aliphatic carbocycles. The summed E-state index contributed by atoms with van der Waals surface area (Å²) in [6.45, 7) is 5.48. The van der Waals surface area contributed by atoms with Crippen molar-refractivity contribution in [1.82, 2.24) is 14.5 Å². The number of fused-ring (bicyclic) bond motifs is 1. The van der Waals surface area contributed by atoms with E-state index in [9.17, 15) is 22.8 Å². The van der Waals surface area contributed by atoms with Gasteiger partial charge < -0.3 is 10.2 Å². The molecule has 1 N–H and O–H groups in total. The Kier molecular flexibility index (Phi) is 7.99. The van der Waals surface area contributed by atoms with Crippen LogP contribution in [0.5, 0.6) is 0 Å². The predicted octanol–water partition coefficient (Wildman–Crippen LogP) is 3.06. The molecule has 0 bridgehead atoms. The van der Waals surface area contributed by atoms with E-state index in [0.717, 1.165) is 0 Å². The Morgan fingerprint density at radius 2 is 1.74 bits per heavy atom. The topological polar surface area (TPSA) is 104 Å². The first kappa shape index (κ1) is 25.7. The smallest absolute Gasteiger partial charge is 0.269 e. The number of nitrogens with one attached hydrogen (secondary N) is 1. The third kappa shape index (κ3) is 5.42. The lowest BCUT2D eigenvalue weighted by atomic mass is 10.1. The molecule has 1 heterocycles. The van der Waals surface area contributed by atoms with Crippen molar-refractivity contribution in [3.05, 3.63) is 64.7 Å². The standard InChI is InChI=1S/C24H28ClN3O5S/c1-4-20(23(30)26-13-16(2)3)27(14-17-9-11-18(25)12-10-17)22(29)15-28-24(31)19-7-5-6-8-21(19)34(28,32)33/h5-12,16,20H,4,13-15H2,1-3H3,(H,26,30). The number of nitrogens with zero attached hydrogens (tertiary/aromatic N) is 2. The van der Waals surface area contributed by atoms with E-state index in [1.54, 1.807) is 37.3 Å². The summed E-state index contributed by atoms with van der Waals surface area (Å²) < 4.78 is 26.5. The van der Waals surface area contributed by atoms with E-state index in [0.29, 0.717) is 27.9 Å². The molecule has 2 aromatic carbocycles. The molecule has 0 radical (unpaired) electrons. The Morgan fingerprint density at radius 3 is 2.32 bits per heavy atom. The number of carbonyl (C=O) groups excluding carboxylic acids is 3. The zero-order valence-electron chi connectivity index (χ0n) is 19.3. The molecule has 0 aromatic heterocycles. The summed E-state index contributed by atoms with van der Waals surface area (Å²) >= 11 is 5.97. The number of amides is 3. The van der Waals surface area contributed by atoms with Crippen LogP contribution in [0.3, 0.4) is 0 Å². The number of hydrogen-bond acceptors (Lipinski definition) is 5. The Balaban J connectivity index is 1.90. The van der Waals surface area contributed by atoms with Crippen LogP contribution in [0.1, 0.15) is 43.1 Å². The molecule has 1 atom stereocenters. The molecule has 10 heteroatoms. The molecule has 182 valence electrons. The van der Waals surface area contributed by atoms with Gasteiger partial charge in [0.1, 0.15) is 17.5 Å².